The zero-order valence-electron chi connectivity index (χ0n) is 9.06. The van der Waals surface area contributed by atoms with E-state index in [1.54, 1.807) is 6.92 Å². The van der Waals surface area contributed by atoms with E-state index in [0.29, 0.717) is 18.1 Å². The third-order valence-electron chi connectivity index (χ3n) is 1.32. The fourth-order valence-corrected chi connectivity index (χ4v) is 0.858. The molecule has 3 nitrogen and oxygen atoms in total. The van der Waals surface area contributed by atoms with Crippen LogP contribution in [0, 0.1) is 11.3 Å². The van der Waals surface area contributed by atoms with E-state index in [1.165, 1.54) is 0 Å². The molecule has 13 heavy (non-hydrogen) atoms. The predicted molar refractivity (Wildman–Crippen MR) is 52.8 cm³/mol. The molecule has 0 radical (unpaired) electrons. The smallest absolute Gasteiger partial charge is 0.151 e. The highest BCUT2D eigenvalue weighted by atomic mass is 16.5. The van der Waals surface area contributed by atoms with Crippen molar-refractivity contribution in [2.75, 3.05) is 6.61 Å². The summed E-state index contributed by atoms with van der Waals surface area (Å²) in [6, 6.07) is 2.09. The summed E-state index contributed by atoms with van der Waals surface area (Å²) in [4.78, 5) is 0. The van der Waals surface area contributed by atoms with Gasteiger partial charge in [-0.25, -0.2) is 0 Å². The number of ether oxygens (including phenoxy) is 1. The average molecular weight is 182 g/mol. The molecular weight excluding hydrogens is 164 g/mol. The Balaban J connectivity index is 4.53. The molecule has 0 heterocycles. The van der Waals surface area contributed by atoms with E-state index in [2.05, 4.69) is 11.4 Å². The van der Waals surface area contributed by atoms with Gasteiger partial charge < -0.3 is 10.1 Å². The van der Waals surface area contributed by atoms with Gasteiger partial charge >= 0.3 is 0 Å². The minimum atomic E-state index is -0.108. The van der Waals surface area contributed by atoms with Gasteiger partial charge in [-0.3, -0.25) is 0 Å². The molecular formula is C10H18N2O. The number of allylic oxidation sites excluding steroid dienone is 2. The zero-order valence-corrected chi connectivity index (χ0v) is 9.06. The molecule has 0 aliphatic rings. The lowest BCUT2D eigenvalue weighted by Crippen LogP contribution is -2.35. The molecule has 74 valence electrons. The molecule has 3 heteroatoms. The molecule has 1 N–H and O–H groups in total. The van der Waals surface area contributed by atoms with Crippen molar-refractivity contribution in [2.24, 2.45) is 0 Å². The van der Waals surface area contributed by atoms with Gasteiger partial charge in [-0.2, -0.15) is 5.26 Å². The van der Waals surface area contributed by atoms with Crippen molar-refractivity contribution in [1.82, 2.24) is 5.32 Å². The van der Waals surface area contributed by atoms with Crippen molar-refractivity contribution in [3.8, 4) is 6.07 Å². The zero-order chi connectivity index (χ0) is 10.5. The van der Waals surface area contributed by atoms with Crippen molar-refractivity contribution in [3.63, 3.8) is 0 Å². The van der Waals surface area contributed by atoms with Crippen LogP contribution in [-0.2, 0) is 4.74 Å². The van der Waals surface area contributed by atoms with E-state index in [1.807, 2.05) is 27.7 Å². The fraction of sp³-hybridized carbons (Fsp3) is 0.700. The van der Waals surface area contributed by atoms with E-state index in [9.17, 15) is 0 Å². The summed E-state index contributed by atoms with van der Waals surface area (Å²) in [6.07, 6.45) is 0. The number of hydrogen-bond donors (Lipinski definition) is 1. The topological polar surface area (TPSA) is 45.0 Å². The average Bonchev–Trinajstić information content (AvgIpc) is 1.99. The number of nitrogens with zero attached hydrogens (tertiary/aromatic N) is 1. The Morgan fingerprint density at radius 3 is 2.31 bits per heavy atom. The van der Waals surface area contributed by atoms with Crippen molar-refractivity contribution in [2.45, 2.75) is 40.2 Å². The standard InChI is InChI=1S/C10H18N2O/c1-6-13-8(2)9(7-11)12-10(3,4)5/h12H,6H2,1-5H3/b9-8-. The monoisotopic (exact) mass is 182 g/mol. The predicted octanol–water partition coefficient (Wildman–Crippen LogP) is 2.17. The Morgan fingerprint density at radius 2 is 2.00 bits per heavy atom. The van der Waals surface area contributed by atoms with Crippen molar-refractivity contribution < 1.29 is 4.74 Å². The highest BCUT2D eigenvalue weighted by Gasteiger charge is 2.13. The first kappa shape index (κ1) is 11.8. The Hall–Kier alpha value is -1.17. The van der Waals surface area contributed by atoms with Crippen molar-refractivity contribution in [1.29, 1.82) is 5.26 Å². The van der Waals surface area contributed by atoms with Gasteiger partial charge in [0.15, 0.2) is 5.70 Å². The van der Waals surface area contributed by atoms with Crippen LogP contribution in [-0.4, -0.2) is 12.1 Å². The van der Waals surface area contributed by atoms with Gasteiger partial charge in [0.25, 0.3) is 0 Å². The summed E-state index contributed by atoms with van der Waals surface area (Å²) >= 11 is 0. The Labute approximate surface area is 80.4 Å². The highest BCUT2D eigenvalue weighted by Crippen LogP contribution is 2.08. The van der Waals surface area contributed by atoms with Crippen LogP contribution in [0.1, 0.15) is 34.6 Å². The molecule has 0 spiro atoms. The van der Waals surface area contributed by atoms with Crippen LogP contribution in [0.2, 0.25) is 0 Å². The molecule has 0 aliphatic carbocycles. The highest BCUT2D eigenvalue weighted by molar-refractivity contribution is 5.22. The van der Waals surface area contributed by atoms with Gasteiger partial charge in [0.1, 0.15) is 11.8 Å². The summed E-state index contributed by atoms with van der Waals surface area (Å²) in [5, 5.41) is 11.9. The number of hydrogen-bond acceptors (Lipinski definition) is 3. The maximum absolute atomic E-state index is 8.84. The van der Waals surface area contributed by atoms with Crippen molar-refractivity contribution >= 4 is 0 Å². The molecule has 0 saturated carbocycles. The van der Waals surface area contributed by atoms with Crippen LogP contribution < -0.4 is 5.32 Å². The molecule has 0 amide bonds. The Bertz CT molecular complexity index is 230. The largest absolute Gasteiger partial charge is 0.496 e. The molecule has 0 saturated heterocycles. The van der Waals surface area contributed by atoms with Crippen LogP contribution in [0.5, 0.6) is 0 Å². The molecule has 0 atom stereocenters. The Morgan fingerprint density at radius 1 is 1.46 bits per heavy atom. The van der Waals surface area contributed by atoms with Crippen molar-refractivity contribution in [3.05, 3.63) is 11.5 Å². The SMILES string of the molecule is CCO/C(C)=C(/C#N)NC(C)(C)C. The van der Waals surface area contributed by atoms with E-state index in [4.69, 9.17) is 10.00 Å². The number of nitrogens with one attached hydrogen (secondary N) is 1. The maximum Gasteiger partial charge on any atom is 0.151 e. The lowest BCUT2D eigenvalue weighted by Gasteiger charge is -2.22. The first-order valence-electron chi connectivity index (χ1n) is 4.42. The summed E-state index contributed by atoms with van der Waals surface area (Å²) in [5.74, 6) is 0.653. The van der Waals surface area contributed by atoms with Gasteiger partial charge in [-0.05, 0) is 34.6 Å². The maximum atomic E-state index is 8.84. The van der Waals surface area contributed by atoms with Crippen LogP contribution in [0.3, 0.4) is 0 Å². The van der Waals surface area contributed by atoms with Crippen LogP contribution in [0.4, 0.5) is 0 Å². The molecule has 0 rings (SSSR count). The lowest BCUT2D eigenvalue weighted by atomic mass is 10.1. The van der Waals surface area contributed by atoms with Crippen LogP contribution in [0.25, 0.3) is 0 Å². The Kier molecular flexibility index (Phi) is 4.33. The summed E-state index contributed by atoms with van der Waals surface area (Å²) in [6.45, 7) is 10.3. The second-order valence-electron chi connectivity index (χ2n) is 3.85. The van der Waals surface area contributed by atoms with E-state index in [0.717, 1.165) is 0 Å². The minimum Gasteiger partial charge on any atom is -0.496 e. The molecule has 0 bridgehead atoms. The number of nitriles is 1. The first-order chi connectivity index (χ1) is 5.90. The minimum absolute atomic E-state index is 0.108. The fourth-order valence-electron chi connectivity index (χ4n) is 0.858. The second-order valence-corrected chi connectivity index (χ2v) is 3.85. The third kappa shape index (κ3) is 5.13. The second kappa shape index (κ2) is 4.76. The summed E-state index contributed by atoms with van der Waals surface area (Å²) in [5.41, 5.74) is 0.401. The lowest BCUT2D eigenvalue weighted by molar-refractivity contribution is 0.224. The van der Waals surface area contributed by atoms with Gasteiger partial charge in [0.05, 0.1) is 6.61 Å². The molecule has 0 aromatic heterocycles. The molecule has 0 aromatic carbocycles. The van der Waals surface area contributed by atoms with Gasteiger partial charge in [-0.15, -0.1) is 0 Å². The molecule has 0 aromatic rings. The van der Waals surface area contributed by atoms with Gasteiger partial charge in [0.2, 0.25) is 0 Å². The van der Waals surface area contributed by atoms with Crippen LogP contribution >= 0.6 is 0 Å². The quantitative estimate of drug-likeness (QED) is 0.537. The van der Waals surface area contributed by atoms with E-state index >= 15 is 0 Å². The molecule has 0 aliphatic heterocycles. The molecule has 0 fully saturated rings. The van der Waals surface area contributed by atoms with Crippen LogP contribution in [0.15, 0.2) is 11.5 Å². The van der Waals surface area contributed by atoms with Gasteiger partial charge in [-0.1, -0.05) is 0 Å². The molecule has 0 unspecified atom stereocenters. The summed E-state index contributed by atoms with van der Waals surface area (Å²) < 4.78 is 5.24. The normalized spacial score (nSPS) is 12.9. The first-order valence-corrected chi connectivity index (χ1v) is 4.42. The number of rotatable bonds is 3. The van der Waals surface area contributed by atoms with Gasteiger partial charge in [0, 0.05) is 5.54 Å². The van der Waals surface area contributed by atoms with E-state index < -0.39 is 0 Å². The van der Waals surface area contributed by atoms with E-state index in [-0.39, 0.29) is 5.54 Å². The summed E-state index contributed by atoms with van der Waals surface area (Å²) in [7, 11) is 0. The third-order valence-corrected chi connectivity index (χ3v) is 1.32.